The van der Waals surface area contributed by atoms with Gasteiger partial charge in [-0.2, -0.15) is 5.48 Å². The average molecular weight is 286 g/mol. The Labute approximate surface area is 118 Å². The molecule has 1 unspecified atom stereocenters. The molecular weight excluding hydrogens is 264 g/mol. The summed E-state index contributed by atoms with van der Waals surface area (Å²) in [6, 6.07) is -0.819. The molecule has 0 bridgehead atoms. The number of hydroxylamine groups is 1. The fourth-order valence-electron chi connectivity index (χ4n) is 1.18. The van der Waals surface area contributed by atoms with Crippen LogP contribution in [0.4, 0.5) is 0 Å². The van der Waals surface area contributed by atoms with E-state index in [0.29, 0.717) is 0 Å². The first-order valence-electron chi connectivity index (χ1n) is 6.20. The maximum Gasteiger partial charge on any atom is 0.325 e. The zero-order chi connectivity index (χ0) is 15.8. The molecule has 2 N–H and O–H groups in total. The number of amides is 1. The van der Waals surface area contributed by atoms with Crippen LogP contribution in [0.1, 0.15) is 27.7 Å². The SMILES string of the molecule is COC(=O)CNC(=O)[C@@H](NOC(C)(C)C)C(C)C=C=O. The molecule has 0 saturated heterocycles. The van der Waals surface area contributed by atoms with Crippen LogP contribution in [0.2, 0.25) is 0 Å². The van der Waals surface area contributed by atoms with E-state index in [9.17, 15) is 14.4 Å². The van der Waals surface area contributed by atoms with Crippen molar-refractivity contribution in [3.05, 3.63) is 6.08 Å². The second kappa shape index (κ2) is 8.47. The summed E-state index contributed by atoms with van der Waals surface area (Å²) in [6.45, 7) is 6.84. The molecule has 0 spiro atoms. The molecule has 0 aliphatic rings. The van der Waals surface area contributed by atoms with Crippen LogP contribution in [-0.4, -0.2) is 43.1 Å². The second-order valence-electron chi connectivity index (χ2n) is 5.25. The van der Waals surface area contributed by atoms with Gasteiger partial charge in [-0.15, -0.1) is 0 Å². The first-order chi connectivity index (χ1) is 9.21. The number of ether oxygens (including phenoxy) is 1. The Bertz CT molecular complexity index is 383. The molecule has 20 heavy (non-hydrogen) atoms. The Kier molecular flexibility index (Phi) is 7.76. The van der Waals surface area contributed by atoms with Crippen molar-refractivity contribution in [1.29, 1.82) is 0 Å². The first kappa shape index (κ1) is 18.3. The van der Waals surface area contributed by atoms with E-state index in [4.69, 9.17) is 4.84 Å². The molecule has 7 nitrogen and oxygen atoms in total. The molecule has 0 aromatic heterocycles. The number of hydrogen-bond acceptors (Lipinski definition) is 6. The van der Waals surface area contributed by atoms with Crippen LogP contribution >= 0.6 is 0 Å². The van der Waals surface area contributed by atoms with Crippen molar-refractivity contribution in [3.63, 3.8) is 0 Å². The molecule has 1 amide bonds. The zero-order valence-corrected chi connectivity index (χ0v) is 12.5. The molecule has 7 heteroatoms. The summed E-state index contributed by atoms with van der Waals surface area (Å²) in [5, 5.41) is 2.40. The summed E-state index contributed by atoms with van der Waals surface area (Å²) >= 11 is 0. The van der Waals surface area contributed by atoms with Crippen LogP contribution in [0.15, 0.2) is 6.08 Å². The Balaban J connectivity index is 4.70. The molecule has 2 atom stereocenters. The lowest BCUT2D eigenvalue weighted by Crippen LogP contribution is -2.50. The van der Waals surface area contributed by atoms with Crippen molar-refractivity contribution < 1.29 is 24.0 Å². The third-order valence-corrected chi connectivity index (χ3v) is 2.27. The van der Waals surface area contributed by atoms with Gasteiger partial charge in [-0.3, -0.25) is 14.4 Å². The van der Waals surface area contributed by atoms with Gasteiger partial charge in [0, 0.05) is 12.0 Å². The number of esters is 1. The molecule has 0 saturated carbocycles. The average Bonchev–Trinajstić information content (AvgIpc) is 2.35. The van der Waals surface area contributed by atoms with Gasteiger partial charge in [0.05, 0.1) is 12.7 Å². The lowest BCUT2D eigenvalue weighted by molar-refractivity contribution is -0.144. The number of carbonyl (C=O) groups is 2. The van der Waals surface area contributed by atoms with E-state index >= 15 is 0 Å². The number of carbonyl (C=O) groups excluding carboxylic acids is 3. The summed E-state index contributed by atoms with van der Waals surface area (Å²) < 4.78 is 4.43. The zero-order valence-electron chi connectivity index (χ0n) is 12.5. The molecule has 0 aliphatic heterocycles. The van der Waals surface area contributed by atoms with Crippen LogP contribution in [0.3, 0.4) is 0 Å². The summed E-state index contributed by atoms with van der Waals surface area (Å²) in [5.41, 5.74) is 2.10. The maximum absolute atomic E-state index is 12.0. The Morgan fingerprint density at radius 1 is 1.35 bits per heavy atom. The summed E-state index contributed by atoms with van der Waals surface area (Å²) in [6.07, 6.45) is 1.21. The van der Waals surface area contributed by atoms with Crippen molar-refractivity contribution >= 4 is 17.8 Å². The van der Waals surface area contributed by atoms with Crippen LogP contribution in [0, 0.1) is 5.92 Å². The fourth-order valence-corrected chi connectivity index (χ4v) is 1.18. The van der Waals surface area contributed by atoms with Gasteiger partial charge in [-0.1, -0.05) is 6.92 Å². The van der Waals surface area contributed by atoms with E-state index in [1.54, 1.807) is 12.9 Å². The van der Waals surface area contributed by atoms with Crippen molar-refractivity contribution in [1.82, 2.24) is 10.8 Å². The highest BCUT2D eigenvalue weighted by atomic mass is 16.7. The Hall–Kier alpha value is -1.69. The lowest BCUT2D eigenvalue weighted by atomic mass is 10.0. The second-order valence-corrected chi connectivity index (χ2v) is 5.25. The monoisotopic (exact) mass is 286 g/mol. The van der Waals surface area contributed by atoms with Crippen molar-refractivity contribution in [2.45, 2.75) is 39.3 Å². The van der Waals surface area contributed by atoms with Crippen LogP contribution in [-0.2, 0) is 24.0 Å². The first-order valence-corrected chi connectivity index (χ1v) is 6.20. The topological polar surface area (TPSA) is 93.7 Å². The number of hydrogen-bond donors (Lipinski definition) is 2. The van der Waals surface area contributed by atoms with Gasteiger partial charge in [-0.05, 0) is 20.8 Å². The highest BCUT2D eigenvalue weighted by Crippen LogP contribution is 2.09. The molecule has 0 rings (SSSR count). The predicted molar refractivity (Wildman–Crippen MR) is 72.2 cm³/mol. The van der Waals surface area contributed by atoms with Crippen LogP contribution in [0.25, 0.3) is 0 Å². The molecule has 0 heterocycles. The van der Waals surface area contributed by atoms with E-state index < -0.39 is 29.4 Å². The highest BCUT2D eigenvalue weighted by Gasteiger charge is 2.26. The summed E-state index contributed by atoms with van der Waals surface area (Å²) in [7, 11) is 1.23. The van der Waals surface area contributed by atoms with Gasteiger partial charge in [0.25, 0.3) is 0 Å². The van der Waals surface area contributed by atoms with E-state index in [1.165, 1.54) is 13.2 Å². The summed E-state index contributed by atoms with van der Waals surface area (Å²) in [5.74, 6) is 0.146. The maximum atomic E-state index is 12.0. The standard InChI is InChI=1S/C13H22N2O5/c1-9(6-7-16)11(15-20-13(2,3)4)12(18)14-8-10(17)19-5/h6,9,11,15H,8H2,1-5H3,(H,14,18)/t9?,11-/m0/s1. The van der Waals surface area contributed by atoms with Crippen molar-refractivity contribution in [3.8, 4) is 0 Å². The quantitative estimate of drug-likeness (QED) is 0.388. The minimum atomic E-state index is -0.819. The van der Waals surface area contributed by atoms with Crippen LogP contribution < -0.4 is 10.8 Å². The predicted octanol–water partition coefficient (Wildman–Crippen LogP) is -0.0122. The van der Waals surface area contributed by atoms with Gasteiger partial charge in [0.2, 0.25) is 5.91 Å². The van der Waals surface area contributed by atoms with Crippen LogP contribution in [0.5, 0.6) is 0 Å². The van der Waals surface area contributed by atoms with Crippen molar-refractivity contribution in [2.24, 2.45) is 5.92 Å². The van der Waals surface area contributed by atoms with Gasteiger partial charge in [-0.25, -0.2) is 4.79 Å². The molecule has 0 aromatic carbocycles. The smallest absolute Gasteiger partial charge is 0.325 e. The Morgan fingerprint density at radius 3 is 2.40 bits per heavy atom. The number of nitrogens with one attached hydrogen (secondary N) is 2. The van der Waals surface area contributed by atoms with Gasteiger partial charge >= 0.3 is 5.97 Å². The lowest BCUT2D eigenvalue weighted by Gasteiger charge is -2.26. The molecule has 114 valence electrons. The Morgan fingerprint density at radius 2 is 1.95 bits per heavy atom. The van der Waals surface area contributed by atoms with E-state index in [0.717, 1.165) is 0 Å². The molecule has 0 aliphatic carbocycles. The number of methoxy groups -OCH3 is 1. The molecule has 0 aromatic rings. The third-order valence-electron chi connectivity index (χ3n) is 2.27. The normalized spacial score (nSPS) is 13.8. The molecule has 0 radical (unpaired) electrons. The van der Waals surface area contributed by atoms with E-state index in [2.05, 4.69) is 15.5 Å². The number of rotatable bonds is 7. The minimum absolute atomic E-state index is 0.249. The van der Waals surface area contributed by atoms with E-state index in [1.807, 2.05) is 20.8 Å². The van der Waals surface area contributed by atoms with Gasteiger partial charge < -0.3 is 10.1 Å². The third kappa shape index (κ3) is 7.68. The largest absolute Gasteiger partial charge is 0.468 e. The minimum Gasteiger partial charge on any atom is -0.468 e. The molecule has 0 fully saturated rings. The molecular formula is C13H22N2O5. The summed E-state index contributed by atoms with van der Waals surface area (Å²) in [4.78, 5) is 38.7. The van der Waals surface area contributed by atoms with Gasteiger partial charge in [0.15, 0.2) is 0 Å². The van der Waals surface area contributed by atoms with Crippen molar-refractivity contribution in [2.75, 3.05) is 13.7 Å². The van der Waals surface area contributed by atoms with Gasteiger partial charge in [0.1, 0.15) is 18.5 Å². The highest BCUT2D eigenvalue weighted by molar-refractivity contribution is 5.86. The fraction of sp³-hybridized carbons (Fsp3) is 0.692. The van der Waals surface area contributed by atoms with E-state index in [-0.39, 0.29) is 6.54 Å².